The van der Waals surface area contributed by atoms with Crippen LogP contribution < -0.4 is 0 Å². The van der Waals surface area contributed by atoms with Crippen LogP contribution in [0.4, 0.5) is 4.79 Å². The van der Waals surface area contributed by atoms with Crippen molar-refractivity contribution in [3.8, 4) is 0 Å². The van der Waals surface area contributed by atoms with Gasteiger partial charge in [0.25, 0.3) is 0 Å². The Hall–Kier alpha value is -2.25. The van der Waals surface area contributed by atoms with Crippen LogP contribution in [0.25, 0.3) is 11.3 Å². The number of allylic oxidation sites excluding steroid dienone is 1. The summed E-state index contributed by atoms with van der Waals surface area (Å²) >= 11 is 7.64. The lowest BCUT2D eigenvalue weighted by Crippen LogP contribution is -2.11. The summed E-state index contributed by atoms with van der Waals surface area (Å²) in [5.41, 5.74) is 4.13. The van der Waals surface area contributed by atoms with E-state index in [0.717, 1.165) is 17.3 Å². The third-order valence-electron chi connectivity index (χ3n) is 4.57. The molecule has 0 aliphatic carbocycles. The summed E-state index contributed by atoms with van der Waals surface area (Å²) in [6.07, 6.45) is 1.71. The van der Waals surface area contributed by atoms with Crippen molar-refractivity contribution in [1.82, 2.24) is 9.78 Å². The molecule has 0 spiro atoms. The van der Waals surface area contributed by atoms with Crippen molar-refractivity contribution in [3.05, 3.63) is 51.8 Å². The fraction of sp³-hybridized carbons (Fsp3) is 0.435. The first kappa shape index (κ1) is 25.0. The average molecular weight is 464 g/mol. The Kier molecular flexibility index (Phi) is 8.77. The fourth-order valence-electron chi connectivity index (χ4n) is 2.99. The second kappa shape index (κ2) is 10.9. The van der Waals surface area contributed by atoms with E-state index in [1.54, 1.807) is 25.0 Å². The van der Waals surface area contributed by atoms with E-state index in [0.29, 0.717) is 33.5 Å². The lowest BCUT2D eigenvalue weighted by atomic mass is 9.86. The van der Waals surface area contributed by atoms with E-state index >= 15 is 0 Å². The smallest absolute Gasteiger partial charge is 0.370 e. The van der Waals surface area contributed by atoms with E-state index in [1.807, 2.05) is 26.0 Å². The van der Waals surface area contributed by atoms with Gasteiger partial charge in [0.2, 0.25) is 6.79 Å². The number of thioether (sulfide) groups is 1. The van der Waals surface area contributed by atoms with Gasteiger partial charge in [-0.2, -0.15) is 5.10 Å². The number of aliphatic imine (C=N–C) groups is 1. The number of nitrogens with zero attached hydrogens (tertiary/aromatic N) is 3. The molecular weight excluding hydrogens is 434 g/mol. The molecule has 0 radical (unpaired) electrons. The summed E-state index contributed by atoms with van der Waals surface area (Å²) in [6.45, 7) is 9.97. The standard InChI is InChI=1S/C23H30ClN3O3S/c1-8-31-22(28)30-14-29-21(20-19(24)15(2)26-27(20)7)18(13-25-6)16-9-11-17(12-10-16)23(3,4)5/h9-13H,8,14H2,1-7H3/b21-18-,25-13-. The van der Waals surface area contributed by atoms with Gasteiger partial charge in [0, 0.05) is 31.6 Å². The zero-order valence-corrected chi connectivity index (χ0v) is 20.7. The van der Waals surface area contributed by atoms with Crippen LogP contribution in [0.2, 0.25) is 5.02 Å². The first-order valence-corrected chi connectivity index (χ1v) is 11.4. The molecule has 0 fully saturated rings. The van der Waals surface area contributed by atoms with Crippen LogP contribution in [0.15, 0.2) is 29.3 Å². The molecule has 0 N–H and O–H groups in total. The van der Waals surface area contributed by atoms with Crippen LogP contribution in [0.1, 0.15) is 50.2 Å². The molecule has 0 aliphatic rings. The van der Waals surface area contributed by atoms with Crippen LogP contribution in [-0.2, 0) is 21.9 Å². The van der Waals surface area contributed by atoms with Gasteiger partial charge in [-0.25, -0.2) is 4.79 Å². The van der Waals surface area contributed by atoms with Gasteiger partial charge in [0.1, 0.15) is 5.69 Å². The third-order valence-corrected chi connectivity index (χ3v) is 5.67. The third kappa shape index (κ3) is 6.37. The van der Waals surface area contributed by atoms with E-state index in [4.69, 9.17) is 21.1 Å². The normalized spacial score (nSPS) is 12.8. The topological polar surface area (TPSA) is 65.7 Å². The van der Waals surface area contributed by atoms with Gasteiger partial charge in [-0.1, -0.05) is 63.6 Å². The summed E-state index contributed by atoms with van der Waals surface area (Å²) < 4.78 is 12.8. The maximum absolute atomic E-state index is 11.8. The van der Waals surface area contributed by atoms with Crippen molar-refractivity contribution < 1.29 is 14.3 Å². The first-order chi connectivity index (χ1) is 14.6. The molecule has 2 aromatic rings. The Morgan fingerprint density at radius 3 is 2.39 bits per heavy atom. The number of carbonyl (C=O) groups excluding carboxylic acids is 1. The number of hydrogen-bond acceptors (Lipinski definition) is 6. The lowest BCUT2D eigenvalue weighted by Gasteiger charge is -2.20. The van der Waals surface area contributed by atoms with Crippen molar-refractivity contribution in [1.29, 1.82) is 0 Å². The van der Waals surface area contributed by atoms with Crippen LogP contribution in [0.3, 0.4) is 0 Å². The highest BCUT2D eigenvalue weighted by Crippen LogP contribution is 2.33. The van der Waals surface area contributed by atoms with E-state index in [1.165, 1.54) is 5.56 Å². The lowest BCUT2D eigenvalue weighted by molar-refractivity contribution is 0.0589. The highest BCUT2D eigenvalue weighted by Gasteiger charge is 2.22. The van der Waals surface area contributed by atoms with E-state index in [-0.39, 0.29) is 12.2 Å². The van der Waals surface area contributed by atoms with Gasteiger partial charge in [-0.3, -0.25) is 9.67 Å². The minimum Gasteiger partial charge on any atom is -0.454 e. The van der Waals surface area contributed by atoms with Gasteiger partial charge in [0.05, 0.1) is 10.7 Å². The molecule has 8 heteroatoms. The highest BCUT2D eigenvalue weighted by atomic mass is 35.5. The quantitative estimate of drug-likeness (QED) is 0.214. The Labute approximate surface area is 193 Å². The molecule has 0 aliphatic heterocycles. The highest BCUT2D eigenvalue weighted by molar-refractivity contribution is 8.13. The van der Waals surface area contributed by atoms with Crippen molar-refractivity contribution in [2.24, 2.45) is 12.0 Å². The van der Waals surface area contributed by atoms with Crippen molar-refractivity contribution in [3.63, 3.8) is 0 Å². The monoisotopic (exact) mass is 463 g/mol. The predicted molar refractivity (Wildman–Crippen MR) is 130 cm³/mol. The number of benzene rings is 1. The van der Waals surface area contributed by atoms with E-state index in [2.05, 4.69) is 43.0 Å². The molecule has 168 valence electrons. The molecule has 1 aromatic heterocycles. The maximum atomic E-state index is 11.8. The largest absolute Gasteiger partial charge is 0.454 e. The molecule has 0 unspecified atom stereocenters. The number of ether oxygens (including phenoxy) is 2. The van der Waals surface area contributed by atoms with Crippen molar-refractivity contribution in [2.45, 2.75) is 40.0 Å². The summed E-state index contributed by atoms with van der Waals surface area (Å²) in [7, 11) is 3.48. The fourth-order valence-corrected chi connectivity index (χ4v) is 3.60. The van der Waals surface area contributed by atoms with Crippen molar-refractivity contribution in [2.75, 3.05) is 19.6 Å². The molecule has 1 aromatic carbocycles. The first-order valence-electron chi connectivity index (χ1n) is 9.99. The Morgan fingerprint density at radius 2 is 1.90 bits per heavy atom. The zero-order valence-electron chi connectivity index (χ0n) is 19.2. The average Bonchev–Trinajstić information content (AvgIpc) is 2.95. The van der Waals surface area contributed by atoms with Gasteiger partial charge in [0.15, 0.2) is 5.76 Å². The van der Waals surface area contributed by atoms with Gasteiger partial charge in [-0.15, -0.1) is 0 Å². The summed E-state index contributed by atoms with van der Waals surface area (Å²) in [6, 6.07) is 8.23. The Balaban J connectivity index is 2.58. The van der Waals surface area contributed by atoms with Gasteiger partial charge in [-0.05, 0) is 35.2 Å². The molecule has 31 heavy (non-hydrogen) atoms. The van der Waals surface area contributed by atoms with Crippen LogP contribution in [-0.4, -0.2) is 40.9 Å². The second-order valence-electron chi connectivity index (χ2n) is 7.92. The molecule has 2 rings (SSSR count). The molecule has 0 bridgehead atoms. The predicted octanol–water partition coefficient (Wildman–Crippen LogP) is 6.11. The molecule has 0 saturated heterocycles. The molecule has 6 nitrogen and oxygen atoms in total. The number of carbonyl (C=O) groups is 1. The molecule has 0 amide bonds. The number of halogens is 1. The van der Waals surface area contributed by atoms with E-state index in [9.17, 15) is 4.79 Å². The summed E-state index contributed by atoms with van der Waals surface area (Å²) in [4.78, 5) is 16.0. The SMILES string of the molecule is CCSC(=O)OCO/C(=C(/C=N\C)c1ccc(C(C)(C)C)cc1)c1c(Cl)c(C)nn1C. The van der Waals surface area contributed by atoms with Crippen LogP contribution >= 0.6 is 23.4 Å². The van der Waals surface area contributed by atoms with Crippen LogP contribution in [0, 0.1) is 6.92 Å². The van der Waals surface area contributed by atoms with Crippen LogP contribution in [0.5, 0.6) is 0 Å². The van der Waals surface area contributed by atoms with Gasteiger partial charge < -0.3 is 9.47 Å². The number of aromatic nitrogens is 2. The number of aryl methyl sites for hydroxylation is 2. The second-order valence-corrected chi connectivity index (χ2v) is 9.50. The van der Waals surface area contributed by atoms with Crippen molar-refractivity contribution >= 4 is 46.2 Å². The van der Waals surface area contributed by atoms with Gasteiger partial charge >= 0.3 is 5.30 Å². The number of rotatable bonds is 7. The molecule has 0 atom stereocenters. The molecule has 1 heterocycles. The number of hydrogen-bond donors (Lipinski definition) is 0. The Bertz CT molecular complexity index is 973. The Morgan fingerprint density at radius 1 is 1.26 bits per heavy atom. The molecule has 0 saturated carbocycles. The molecular formula is C23H30ClN3O3S. The zero-order chi connectivity index (χ0) is 23.2. The maximum Gasteiger partial charge on any atom is 0.370 e. The minimum atomic E-state index is -0.394. The van der Waals surface area contributed by atoms with E-state index < -0.39 is 5.30 Å². The minimum absolute atomic E-state index is 0.0359. The summed E-state index contributed by atoms with van der Waals surface area (Å²) in [5.74, 6) is 1.07. The summed E-state index contributed by atoms with van der Waals surface area (Å²) in [5, 5.41) is 4.48.